The topological polar surface area (TPSA) is 19.7 Å². The third-order valence-corrected chi connectivity index (χ3v) is 18.9. The summed E-state index contributed by atoms with van der Waals surface area (Å²) in [5.74, 6) is 0. The lowest BCUT2D eigenvalue weighted by atomic mass is 9.46. The van der Waals surface area contributed by atoms with E-state index in [-0.39, 0.29) is 0 Å². The Morgan fingerprint density at radius 2 is 0.341 bits per heavy atom. The van der Waals surface area contributed by atoms with Crippen molar-refractivity contribution < 1.29 is 0 Å². The highest BCUT2D eigenvalue weighted by atomic mass is 15.0. The Morgan fingerprint density at radius 3 is 0.512 bits per heavy atom. The summed E-state index contributed by atoms with van der Waals surface area (Å²) >= 11 is 0. The number of rotatable bonds is 8. The maximum Gasteiger partial charge on any atom is 0.0541 e. The molecule has 12 aromatic carbocycles. The minimum absolute atomic E-state index is 0.521. The van der Waals surface area contributed by atoms with Crippen molar-refractivity contribution in [2.45, 2.75) is 36.5 Å². The summed E-state index contributed by atoms with van der Waals surface area (Å²) in [5, 5.41) is 10.1. The third kappa shape index (κ3) is 6.61. The summed E-state index contributed by atoms with van der Waals surface area (Å²) in [5.41, 5.74) is 18.6. The fraction of sp³-hybridized carbons (Fsp3) is 0.0769. The predicted molar refractivity (Wildman–Crippen MR) is 343 cm³/mol. The van der Waals surface area contributed by atoms with Gasteiger partial charge in [0.15, 0.2) is 0 Å². The molecule has 0 unspecified atom stereocenters. The molecule has 0 spiro atoms. The lowest BCUT2D eigenvalue weighted by molar-refractivity contribution is 0.213. The van der Waals surface area contributed by atoms with Crippen LogP contribution in [0.4, 0.5) is 0 Å². The smallest absolute Gasteiger partial charge is 0.0541 e. The number of nitrogens with zero attached hydrogens (tertiary/aromatic N) is 4. The van der Waals surface area contributed by atoms with Gasteiger partial charge in [0, 0.05) is 76.7 Å². The Bertz CT molecular complexity index is 4290. The van der Waals surface area contributed by atoms with Crippen LogP contribution in [0.25, 0.3) is 110 Å². The average molecular weight is 1050 g/mol. The Kier molecular flexibility index (Phi) is 10.4. The molecule has 0 bridgehead atoms. The molecule has 1 aliphatic carbocycles. The molecule has 0 aliphatic heterocycles. The highest BCUT2D eigenvalue weighted by molar-refractivity contribution is 6.12. The van der Waals surface area contributed by atoms with E-state index in [9.17, 15) is 0 Å². The molecule has 4 heteroatoms. The van der Waals surface area contributed by atoms with Gasteiger partial charge in [0.25, 0.3) is 0 Å². The maximum absolute atomic E-state index is 2.48. The maximum atomic E-state index is 2.48. The van der Waals surface area contributed by atoms with Crippen molar-refractivity contribution in [3.8, 4) is 22.7 Å². The predicted octanol–water partition coefficient (Wildman–Crippen LogP) is 19.9. The number of hydrogen-bond donors (Lipinski definition) is 0. The van der Waals surface area contributed by atoms with Crippen molar-refractivity contribution in [3.05, 3.63) is 313 Å². The standard InChI is InChI=1S/C78H56N4/c1-9-27-69-61(19-1)62-20-2-10-28-70(62)79(69)57-43-35-53(36-44-57)77(54-37-45-58(46-38-54)80-71-29-11-3-21-63(71)64-22-4-12-30-72(64)80)51-17-18-52-78(77,55-39-47-59(48-40-55)81-73-31-13-5-23-65(73)66-24-6-14-32-74(66)81)56-41-49-60(50-42-56)82-75-33-15-7-25-67(75)68-26-8-16-34-76(68)82/h1-16,19-50H,17-18,51-52H2. The molecule has 4 nitrogen and oxygen atoms in total. The molecule has 0 atom stereocenters. The summed E-state index contributed by atoms with van der Waals surface area (Å²) in [6, 6.07) is 110. The molecule has 4 aromatic heterocycles. The van der Waals surface area contributed by atoms with E-state index in [1.165, 1.54) is 109 Å². The molecule has 0 amide bonds. The fourth-order valence-electron chi connectivity index (χ4n) is 15.5. The molecule has 388 valence electrons. The summed E-state index contributed by atoms with van der Waals surface area (Å²) < 4.78 is 9.82. The van der Waals surface area contributed by atoms with Crippen molar-refractivity contribution in [2.24, 2.45) is 0 Å². The molecule has 1 fully saturated rings. The molecule has 82 heavy (non-hydrogen) atoms. The third-order valence-electron chi connectivity index (χ3n) is 18.9. The van der Waals surface area contributed by atoms with E-state index in [0.29, 0.717) is 0 Å². The van der Waals surface area contributed by atoms with Gasteiger partial charge in [-0.25, -0.2) is 0 Å². The zero-order chi connectivity index (χ0) is 53.9. The van der Waals surface area contributed by atoms with Crippen LogP contribution in [0.3, 0.4) is 0 Å². The molecule has 1 aliphatic rings. The second-order valence-corrected chi connectivity index (χ2v) is 22.7. The van der Waals surface area contributed by atoms with E-state index in [1.54, 1.807) is 0 Å². The molecular formula is C78H56N4. The van der Waals surface area contributed by atoms with Gasteiger partial charge in [0.2, 0.25) is 0 Å². The van der Waals surface area contributed by atoms with Crippen LogP contribution < -0.4 is 0 Å². The van der Waals surface area contributed by atoms with Gasteiger partial charge in [0.1, 0.15) is 0 Å². The van der Waals surface area contributed by atoms with Crippen LogP contribution in [0.2, 0.25) is 0 Å². The second-order valence-electron chi connectivity index (χ2n) is 22.7. The van der Waals surface area contributed by atoms with Crippen molar-refractivity contribution in [2.75, 3.05) is 0 Å². The van der Waals surface area contributed by atoms with Gasteiger partial charge in [-0.3, -0.25) is 0 Å². The number of para-hydroxylation sites is 8. The molecule has 0 N–H and O–H groups in total. The minimum Gasteiger partial charge on any atom is -0.309 e. The molecule has 16 aromatic rings. The number of hydrogen-bond acceptors (Lipinski definition) is 0. The van der Waals surface area contributed by atoms with Crippen molar-refractivity contribution in [3.63, 3.8) is 0 Å². The zero-order valence-corrected chi connectivity index (χ0v) is 45.3. The first-order valence-corrected chi connectivity index (χ1v) is 29.0. The minimum atomic E-state index is -0.521. The van der Waals surface area contributed by atoms with E-state index in [2.05, 4.69) is 309 Å². The monoisotopic (exact) mass is 1050 g/mol. The van der Waals surface area contributed by atoms with Crippen LogP contribution >= 0.6 is 0 Å². The van der Waals surface area contributed by atoms with E-state index in [4.69, 9.17) is 0 Å². The number of benzene rings is 12. The quantitative estimate of drug-likeness (QED) is 0.145. The van der Waals surface area contributed by atoms with Gasteiger partial charge < -0.3 is 18.3 Å². The van der Waals surface area contributed by atoms with Gasteiger partial charge in [-0.05, 0) is 132 Å². The van der Waals surface area contributed by atoms with E-state index >= 15 is 0 Å². The Morgan fingerprint density at radius 1 is 0.183 bits per heavy atom. The Balaban J connectivity index is 0.919. The van der Waals surface area contributed by atoms with E-state index in [0.717, 1.165) is 48.4 Å². The SMILES string of the molecule is c1ccc2c(c1)c1ccccc1n2-c1ccc(C2(c3ccc(-n4c5ccccc5c5ccccc54)cc3)CCCCC2(c2ccc(-n3c4ccccc4c4ccccc43)cc2)c2ccc(-n3c4ccccc4c4ccccc43)cc2)cc1. The van der Waals surface area contributed by atoms with Gasteiger partial charge in [0.05, 0.1) is 44.1 Å². The average Bonchev–Trinajstić information content (AvgIpc) is 1.96. The summed E-state index contributed by atoms with van der Waals surface area (Å²) in [7, 11) is 0. The van der Waals surface area contributed by atoms with E-state index < -0.39 is 10.8 Å². The fourth-order valence-corrected chi connectivity index (χ4v) is 15.5. The largest absolute Gasteiger partial charge is 0.309 e. The molecule has 0 saturated heterocycles. The molecule has 4 heterocycles. The van der Waals surface area contributed by atoms with Crippen molar-refractivity contribution in [1.29, 1.82) is 0 Å². The summed E-state index contributed by atoms with van der Waals surface area (Å²) in [4.78, 5) is 0. The first kappa shape index (κ1) is 46.7. The normalized spacial score (nSPS) is 14.3. The lowest BCUT2D eigenvalue weighted by Gasteiger charge is -2.56. The van der Waals surface area contributed by atoms with Crippen LogP contribution in [-0.4, -0.2) is 18.3 Å². The highest BCUT2D eigenvalue weighted by Gasteiger charge is 2.56. The number of aromatic nitrogens is 4. The Hall–Kier alpha value is -10.2. The zero-order valence-electron chi connectivity index (χ0n) is 45.3. The number of fused-ring (bicyclic) bond motifs is 12. The molecular weight excluding hydrogens is 993 g/mol. The summed E-state index contributed by atoms with van der Waals surface area (Å²) in [6.45, 7) is 0. The van der Waals surface area contributed by atoms with Gasteiger partial charge in [-0.1, -0.05) is 207 Å². The molecule has 0 radical (unpaired) electrons. The first-order valence-electron chi connectivity index (χ1n) is 29.0. The van der Waals surface area contributed by atoms with Gasteiger partial charge >= 0.3 is 0 Å². The van der Waals surface area contributed by atoms with Gasteiger partial charge in [-0.15, -0.1) is 0 Å². The van der Waals surface area contributed by atoms with Crippen molar-refractivity contribution >= 4 is 87.2 Å². The van der Waals surface area contributed by atoms with Crippen LogP contribution in [0.15, 0.2) is 291 Å². The Labute approximate surface area is 475 Å². The summed E-state index contributed by atoms with van der Waals surface area (Å²) in [6.07, 6.45) is 4.09. The molecule has 17 rings (SSSR count). The van der Waals surface area contributed by atoms with E-state index in [1.807, 2.05) is 0 Å². The van der Waals surface area contributed by atoms with Crippen LogP contribution in [0, 0.1) is 0 Å². The second kappa shape index (κ2) is 18.2. The first-order chi connectivity index (χ1) is 40.7. The lowest BCUT2D eigenvalue weighted by Crippen LogP contribution is -2.53. The van der Waals surface area contributed by atoms with Crippen LogP contribution in [-0.2, 0) is 10.8 Å². The van der Waals surface area contributed by atoms with Gasteiger partial charge in [-0.2, -0.15) is 0 Å². The van der Waals surface area contributed by atoms with Crippen molar-refractivity contribution in [1.82, 2.24) is 18.3 Å². The van der Waals surface area contributed by atoms with Crippen LogP contribution in [0.1, 0.15) is 47.9 Å². The highest BCUT2D eigenvalue weighted by Crippen LogP contribution is 2.61. The van der Waals surface area contributed by atoms with Crippen LogP contribution in [0.5, 0.6) is 0 Å². The molecule has 1 saturated carbocycles.